The first-order chi connectivity index (χ1) is 8.54. The Morgan fingerprint density at radius 3 is 2.67 bits per heavy atom. The van der Waals surface area contributed by atoms with Gasteiger partial charge in [-0.3, -0.25) is 10.1 Å². The molecule has 2 fully saturated rings. The van der Waals surface area contributed by atoms with Gasteiger partial charge >= 0.3 is 0 Å². The molecule has 0 radical (unpaired) electrons. The third-order valence-corrected chi connectivity index (χ3v) is 5.25. The van der Waals surface area contributed by atoms with Gasteiger partial charge in [0.1, 0.15) is 0 Å². The average Bonchev–Trinajstić information content (AvgIpc) is 2.74. The molecule has 0 spiro atoms. The third kappa shape index (κ3) is 2.56. The fraction of sp³-hybridized carbons (Fsp3) is 0.933. The second kappa shape index (κ2) is 5.60. The van der Waals surface area contributed by atoms with E-state index >= 15 is 0 Å². The quantitative estimate of drug-likeness (QED) is 0.837. The Balaban J connectivity index is 1.97. The van der Waals surface area contributed by atoms with Gasteiger partial charge in [0, 0.05) is 6.04 Å². The van der Waals surface area contributed by atoms with Crippen molar-refractivity contribution in [3.05, 3.63) is 0 Å². The van der Waals surface area contributed by atoms with E-state index in [0.717, 1.165) is 24.9 Å². The van der Waals surface area contributed by atoms with Gasteiger partial charge in [0.25, 0.3) is 0 Å². The van der Waals surface area contributed by atoms with Crippen LogP contribution in [0.15, 0.2) is 0 Å². The van der Waals surface area contributed by atoms with E-state index < -0.39 is 0 Å². The summed E-state index contributed by atoms with van der Waals surface area (Å²) in [5, 5.41) is 3.41. The summed E-state index contributed by atoms with van der Waals surface area (Å²) in [6, 6.07) is 0.537. The van der Waals surface area contributed by atoms with Crippen molar-refractivity contribution in [1.82, 2.24) is 10.2 Å². The molecule has 2 aliphatic rings. The molecule has 3 heteroatoms. The summed E-state index contributed by atoms with van der Waals surface area (Å²) in [4.78, 5) is 14.6. The van der Waals surface area contributed by atoms with Crippen LogP contribution >= 0.6 is 0 Å². The first-order valence-electron chi connectivity index (χ1n) is 7.58. The molecule has 1 N–H and O–H groups in total. The third-order valence-electron chi connectivity index (χ3n) is 5.25. The van der Waals surface area contributed by atoms with E-state index in [4.69, 9.17) is 0 Å². The van der Waals surface area contributed by atoms with Gasteiger partial charge in [0.05, 0.1) is 12.7 Å². The van der Waals surface area contributed by atoms with E-state index in [9.17, 15) is 4.79 Å². The summed E-state index contributed by atoms with van der Waals surface area (Å²) in [5.74, 6) is 2.36. The summed E-state index contributed by atoms with van der Waals surface area (Å²) in [5.41, 5.74) is 0. The molecule has 0 bridgehead atoms. The number of rotatable bonds is 3. The van der Waals surface area contributed by atoms with E-state index in [2.05, 4.69) is 37.9 Å². The van der Waals surface area contributed by atoms with Gasteiger partial charge in [-0.25, -0.2) is 0 Å². The fourth-order valence-electron chi connectivity index (χ4n) is 3.33. The molecule has 3 nitrogen and oxygen atoms in total. The molecule has 1 aliphatic heterocycles. The zero-order valence-corrected chi connectivity index (χ0v) is 12.3. The van der Waals surface area contributed by atoms with Crippen LogP contribution in [0.25, 0.3) is 0 Å². The molecule has 1 amide bonds. The molecule has 0 aromatic heterocycles. The Bertz CT molecular complexity index is 305. The number of nitrogens with one attached hydrogen (secondary N) is 1. The molecule has 1 saturated heterocycles. The number of amides is 1. The molecular formula is C15H28N2O. The minimum absolute atomic E-state index is 0.0599. The molecular weight excluding hydrogens is 224 g/mol. The predicted molar refractivity (Wildman–Crippen MR) is 74.1 cm³/mol. The van der Waals surface area contributed by atoms with Gasteiger partial charge < -0.3 is 4.90 Å². The van der Waals surface area contributed by atoms with E-state index in [1.54, 1.807) is 0 Å². The highest BCUT2D eigenvalue weighted by atomic mass is 16.2. The molecule has 0 aromatic rings. The molecule has 18 heavy (non-hydrogen) atoms. The zero-order valence-electron chi connectivity index (χ0n) is 12.3. The van der Waals surface area contributed by atoms with E-state index in [1.807, 2.05) is 0 Å². The molecule has 0 aromatic carbocycles. The van der Waals surface area contributed by atoms with Crippen molar-refractivity contribution in [1.29, 1.82) is 0 Å². The number of hydrogen-bond acceptors (Lipinski definition) is 2. The van der Waals surface area contributed by atoms with Crippen molar-refractivity contribution >= 4 is 5.91 Å². The Labute approximate surface area is 111 Å². The topological polar surface area (TPSA) is 32.3 Å². The largest absolute Gasteiger partial charge is 0.326 e. The maximum Gasteiger partial charge on any atom is 0.241 e. The Morgan fingerprint density at radius 2 is 2.06 bits per heavy atom. The smallest absolute Gasteiger partial charge is 0.241 e. The van der Waals surface area contributed by atoms with Crippen LogP contribution in [-0.2, 0) is 4.79 Å². The number of carbonyl (C=O) groups is 1. The first kappa shape index (κ1) is 13.9. The van der Waals surface area contributed by atoms with Crippen LogP contribution in [0.2, 0.25) is 0 Å². The number of carbonyl (C=O) groups excluding carboxylic acids is 1. The molecule has 1 saturated carbocycles. The summed E-state index contributed by atoms with van der Waals surface area (Å²) in [7, 11) is 0. The first-order valence-corrected chi connectivity index (χ1v) is 7.58. The van der Waals surface area contributed by atoms with Gasteiger partial charge in [0.2, 0.25) is 5.91 Å². The van der Waals surface area contributed by atoms with Crippen molar-refractivity contribution < 1.29 is 4.79 Å². The summed E-state index contributed by atoms with van der Waals surface area (Å²) in [6.45, 7) is 9.76. The van der Waals surface area contributed by atoms with Crippen LogP contribution in [0.5, 0.6) is 0 Å². The molecule has 104 valence electrons. The van der Waals surface area contributed by atoms with Crippen molar-refractivity contribution in [3.8, 4) is 0 Å². The lowest BCUT2D eigenvalue weighted by Crippen LogP contribution is -2.43. The minimum Gasteiger partial charge on any atom is -0.326 e. The number of hydrogen-bond donors (Lipinski definition) is 1. The van der Waals surface area contributed by atoms with Gasteiger partial charge in [-0.1, -0.05) is 34.1 Å². The second-order valence-electron chi connectivity index (χ2n) is 6.45. The summed E-state index contributed by atoms with van der Waals surface area (Å²) >= 11 is 0. The monoisotopic (exact) mass is 252 g/mol. The highest BCUT2D eigenvalue weighted by molar-refractivity contribution is 5.84. The summed E-state index contributed by atoms with van der Waals surface area (Å²) < 4.78 is 0. The SMILES string of the molecule is CCC(C)C1NCN(C2CCC(C)C(C)C2)C1=O. The van der Waals surface area contributed by atoms with Crippen LogP contribution in [0.4, 0.5) is 0 Å². The van der Waals surface area contributed by atoms with Gasteiger partial charge in [0.15, 0.2) is 0 Å². The van der Waals surface area contributed by atoms with Crippen LogP contribution in [-0.4, -0.2) is 29.6 Å². The zero-order chi connectivity index (χ0) is 13.3. The Hall–Kier alpha value is -0.570. The van der Waals surface area contributed by atoms with Crippen molar-refractivity contribution in [2.45, 2.75) is 65.5 Å². The number of nitrogens with zero attached hydrogens (tertiary/aromatic N) is 1. The van der Waals surface area contributed by atoms with Gasteiger partial charge in [-0.15, -0.1) is 0 Å². The van der Waals surface area contributed by atoms with Crippen LogP contribution in [0.1, 0.15) is 53.4 Å². The normalized spacial score (nSPS) is 39.1. The standard InChI is InChI=1S/C15H28N2O/c1-5-10(2)14-15(18)17(9-16-14)13-7-6-11(3)12(4)8-13/h10-14,16H,5-9H2,1-4H3. The summed E-state index contributed by atoms with van der Waals surface area (Å²) in [6.07, 6.45) is 4.70. The van der Waals surface area contributed by atoms with Crippen molar-refractivity contribution in [2.75, 3.05) is 6.67 Å². The van der Waals surface area contributed by atoms with E-state index in [-0.39, 0.29) is 6.04 Å². The highest BCUT2D eigenvalue weighted by Crippen LogP contribution is 2.33. The molecule has 5 unspecified atom stereocenters. The molecule has 5 atom stereocenters. The minimum atomic E-state index is 0.0599. The van der Waals surface area contributed by atoms with Crippen molar-refractivity contribution in [2.24, 2.45) is 17.8 Å². The maximum absolute atomic E-state index is 12.5. The lowest BCUT2D eigenvalue weighted by Gasteiger charge is -2.37. The molecule has 1 heterocycles. The fourth-order valence-corrected chi connectivity index (χ4v) is 3.33. The maximum atomic E-state index is 12.5. The van der Waals surface area contributed by atoms with Gasteiger partial charge in [-0.2, -0.15) is 0 Å². The second-order valence-corrected chi connectivity index (χ2v) is 6.45. The Kier molecular flexibility index (Phi) is 4.31. The molecule has 1 aliphatic carbocycles. The van der Waals surface area contributed by atoms with Crippen LogP contribution < -0.4 is 5.32 Å². The predicted octanol–water partition coefficient (Wildman–Crippen LogP) is 2.62. The lowest BCUT2D eigenvalue weighted by molar-refractivity contribution is -0.132. The lowest BCUT2D eigenvalue weighted by atomic mass is 9.78. The van der Waals surface area contributed by atoms with Crippen molar-refractivity contribution in [3.63, 3.8) is 0 Å². The van der Waals surface area contributed by atoms with Gasteiger partial charge in [-0.05, 0) is 37.0 Å². The van der Waals surface area contributed by atoms with E-state index in [0.29, 0.717) is 17.9 Å². The van der Waals surface area contributed by atoms with E-state index in [1.165, 1.54) is 19.3 Å². The average molecular weight is 252 g/mol. The van der Waals surface area contributed by atoms with Crippen LogP contribution in [0.3, 0.4) is 0 Å². The Morgan fingerprint density at radius 1 is 1.33 bits per heavy atom. The highest BCUT2D eigenvalue weighted by Gasteiger charge is 2.39. The van der Waals surface area contributed by atoms with Crippen LogP contribution in [0, 0.1) is 17.8 Å². The molecule has 2 rings (SSSR count).